The van der Waals surface area contributed by atoms with Gasteiger partial charge >= 0.3 is 6.09 Å². The molecule has 0 fully saturated rings. The van der Waals surface area contributed by atoms with Gasteiger partial charge in [0.05, 0.1) is 11.2 Å². The number of rotatable bonds is 3. The van der Waals surface area contributed by atoms with Gasteiger partial charge in [0.2, 0.25) is 0 Å². The standard InChI is InChI=1S/C19H19N4O2/c1-19(2,3)25-18(24)21-17-15-10-9-13(12-20)11-16(15)22-23(17)14-7-5-4-6-8-14/h4-12H,1-3H3,(H,21,24)/q-1. The van der Waals surface area contributed by atoms with Crippen molar-refractivity contribution in [1.29, 1.82) is 0 Å². The van der Waals surface area contributed by atoms with Crippen LogP contribution in [0, 0.1) is 0 Å². The number of ether oxygens (including phenoxy) is 1. The predicted molar refractivity (Wildman–Crippen MR) is 99.5 cm³/mol. The number of anilines is 1. The molecule has 0 aliphatic heterocycles. The van der Waals surface area contributed by atoms with Crippen LogP contribution in [0.4, 0.5) is 10.6 Å². The van der Waals surface area contributed by atoms with Gasteiger partial charge in [-0.25, -0.2) is 9.48 Å². The topological polar surface area (TPSA) is 78.4 Å². The van der Waals surface area contributed by atoms with E-state index < -0.39 is 11.7 Å². The first kappa shape index (κ1) is 16.7. The molecule has 6 nitrogen and oxygen atoms in total. The molecule has 0 bridgehead atoms. The molecule has 25 heavy (non-hydrogen) atoms. The molecule has 1 heterocycles. The Morgan fingerprint density at radius 1 is 1.20 bits per heavy atom. The molecule has 3 aromatic rings. The van der Waals surface area contributed by atoms with Crippen molar-refractivity contribution < 1.29 is 9.53 Å². The summed E-state index contributed by atoms with van der Waals surface area (Å²) < 4.78 is 7.01. The van der Waals surface area contributed by atoms with Crippen molar-refractivity contribution in [3.63, 3.8) is 0 Å². The Morgan fingerprint density at radius 2 is 1.92 bits per heavy atom. The molecule has 0 aliphatic rings. The van der Waals surface area contributed by atoms with E-state index >= 15 is 0 Å². The Balaban J connectivity index is 2.10. The zero-order valence-electron chi connectivity index (χ0n) is 14.4. The number of amides is 1. The third kappa shape index (κ3) is 3.68. The normalized spacial score (nSPS) is 11.3. The second kappa shape index (κ2) is 6.39. The van der Waals surface area contributed by atoms with E-state index in [1.165, 1.54) is 0 Å². The number of benzene rings is 2. The van der Waals surface area contributed by atoms with Gasteiger partial charge in [0.1, 0.15) is 11.4 Å². The minimum absolute atomic E-state index is 0.514. The maximum atomic E-state index is 12.3. The van der Waals surface area contributed by atoms with Crippen LogP contribution in [-0.2, 0) is 4.74 Å². The van der Waals surface area contributed by atoms with Gasteiger partial charge in [-0.05, 0) is 50.6 Å². The molecule has 6 heteroatoms. The molecular weight excluding hydrogens is 316 g/mol. The highest BCUT2D eigenvalue weighted by atomic mass is 16.6. The van der Waals surface area contributed by atoms with Crippen LogP contribution in [0.5, 0.6) is 0 Å². The van der Waals surface area contributed by atoms with Crippen molar-refractivity contribution in [2.75, 3.05) is 5.32 Å². The number of hydrogen-bond donors (Lipinski definition) is 1. The lowest BCUT2D eigenvalue weighted by molar-refractivity contribution is 0.0635. The molecule has 0 saturated carbocycles. The van der Waals surface area contributed by atoms with Gasteiger partial charge in [-0.15, -0.1) is 0 Å². The van der Waals surface area contributed by atoms with Crippen LogP contribution in [-0.4, -0.2) is 27.7 Å². The zero-order valence-corrected chi connectivity index (χ0v) is 14.4. The summed E-state index contributed by atoms with van der Waals surface area (Å²) in [7, 11) is 0. The molecule has 0 saturated heterocycles. The summed E-state index contributed by atoms with van der Waals surface area (Å²) in [6, 6.07) is 14.8. The number of nitrogens with one attached hydrogen (secondary N) is 1. The van der Waals surface area contributed by atoms with Crippen LogP contribution in [0.1, 0.15) is 26.3 Å². The summed E-state index contributed by atoms with van der Waals surface area (Å²) in [5.41, 5.74) is 1.49. The van der Waals surface area contributed by atoms with Crippen LogP contribution >= 0.6 is 0 Å². The summed E-state index contributed by atoms with van der Waals surface area (Å²) in [5.74, 6) is 0.514. The van der Waals surface area contributed by atoms with Gasteiger partial charge in [-0.3, -0.25) is 5.32 Å². The van der Waals surface area contributed by atoms with E-state index in [0.717, 1.165) is 17.3 Å². The maximum absolute atomic E-state index is 12.3. The molecule has 0 aliphatic carbocycles. The average molecular weight is 335 g/mol. The second-order valence-electron chi connectivity index (χ2n) is 6.63. The highest BCUT2D eigenvalue weighted by Crippen LogP contribution is 2.27. The predicted octanol–water partition coefficient (Wildman–Crippen LogP) is 4.36. The smallest absolute Gasteiger partial charge is 0.413 e. The fraction of sp³-hybridized carbons (Fsp3) is 0.211. The van der Waals surface area contributed by atoms with Crippen LogP contribution in [0.2, 0.25) is 0 Å². The highest BCUT2D eigenvalue weighted by Gasteiger charge is 2.20. The molecule has 0 radical (unpaired) electrons. The van der Waals surface area contributed by atoms with Crippen molar-refractivity contribution >= 4 is 29.0 Å². The quantitative estimate of drug-likeness (QED) is 0.722. The van der Waals surface area contributed by atoms with E-state index in [1.807, 2.05) is 51.1 Å². The SMILES string of the molecule is CC(C)(C)OC(=O)Nc1c2ccc(C=[N-])cc2nn1-c1ccccc1. The number of carbonyl (C=O) groups excluding carboxylic acids is 1. The summed E-state index contributed by atoms with van der Waals surface area (Å²) in [6.07, 6.45) is 0.464. The Hall–Kier alpha value is -3.15. The fourth-order valence-electron chi connectivity index (χ4n) is 2.46. The number of aromatic nitrogens is 2. The number of hydrogen-bond acceptors (Lipinski definition) is 3. The first-order valence-electron chi connectivity index (χ1n) is 7.93. The molecule has 0 atom stereocenters. The molecule has 2 aromatic carbocycles. The molecule has 128 valence electrons. The maximum Gasteiger partial charge on any atom is 0.413 e. The lowest BCUT2D eigenvalue weighted by Crippen LogP contribution is -2.28. The Morgan fingerprint density at radius 3 is 2.56 bits per heavy atom. The zero-order chi connectivity index (χ0) is 18.0. The van der Waals surface area contributed by atoms with E-state index in [9.17, 15) is 10.2 Å². The molecule has 1 amide bonds. The van der Waals surface area contributed by atoms with Crippen LogP contribution in [0.15, 0.2) is 48.5 Å². The van der Waals surface area contributed by atoms with Crippen molar-refractivity contribution in [3.8, 4) is 5.69 Å². The van der Waals surface area contributed by atoms with Gasteiger partial charge in [0.25, 0.3) is 0 Å². The lowest BCUT2D eigenvalue weighted by Gasteiger charge is -2.20. The number of para-hydroxylation sites is 1. The Labute approximate surface area is 145 Å². The van der Waals surface area contributed by atoms with Crippen LogP contribution in [0.25, 0.3) is 22.0 Å². The lowest BCUT2D eigenvalue weighted by atomic mass is 10.2. The third-order valence-corrected chi connectivity index (χ3v) is 3.47. The van der Waals surface area contributed by atoms with Crippen molar-refractivity contribution in [1.82, 2.24) is 9.78 Å². The minimum Gasteiger partial charge on any atom is -0.810 e. The highest BCUT2D eigenvalue weighted by molar-refractivity contribution is 6.00. The average Bonchev–Trinajstić information content (AvgIpc) is 2.91. The van der Waals surface area contributed by atoms with E-state index in [2.05, 4.69) is 10.4 Å². The molecule has 0 unspecified atom stereocenters. The minimum atomic E-state index is -0.601. The van der Waals surface area contributed by atoms with Crippen molar-refractivity contribution in [2.24, 2.45) is 0 Å². The van der Waals surface area contributed by atoms with Gasteiger partial charge < -0.3 is 10.1 Å². The largest absolute Gasteiger partial charge is 0.810 e. The van der Waals surface area contributed by atoms with E-state index in [1.54, 1.807) is 22.9 Å². The van der Waals surface area contributed by atoms with Crippen molar-refractivity contribution in [2.45, 2.75) is 26.4 Å². The Bertz CT molecular complexity index is 924. The number of nitrogens with zero attached hydrogens (tertiary/aromatic N) is 3. The van der Waals surface area contributed by atoms with Crippen LogP contribution in [0.3, 0.4) is 0 Å². The molecule has 1 aromatic heterocycles. The summed E-state index contributed by atoms with van der Waals surface area (Å²) in [5, 5.41) is 17.3. The molecular formula is C19H19N4O2-. The summed E-state index contributed by atoms with van der Waals surface area (Å²) >= 11 is 0. The fourth-order valence-corrected chi connectivity index (χ4v) is 2.46. The first-order chi connectivity index (χ1) is 11.9. The van der Waals surface area contributed by atoms with Gasteiger partial charge in [-0.2, -0.15) is 11.3 Å². The number of fused-ring (bicyclic) bond motifs is 1. The monoisotopic (exact) mass is 335 g/mol. The van der Waals surface area contributed by atoms with E-state index in [-0.39, 0.29) is 0 Å². The second-order valence-corrected chi connectivity index (χ2v) is 6.63. The number of carbonyl (C=O) groups is 1. The first-order valence-corrected chi connectivity index (χ1v) is 7.93. The molecule has 0 spiro atoms. The van der Waals surface area contributed by atoms with E-state index in [0.29, 0.717) is 16.9 Å². The van der Waals surface area contributed by atoms with E-state index in [4.69, 9.17) is 4.74 Å². The Kier molecular flexibility index (Phi) is 4.27. The van der Waals surface area contributed by atoms with Crippen LogP contribution < -0.4 is 5.32 Å². The molecule has 1 N–H and O–H groups in total. The van der Waals surface area contributed by atoms with Gasteiger partial charge in [0.15, 0.2) is 0 Å². The molecule has 3 rings (SSSR count). The summed E-state index contributed by atoms with van der Waals surface area (Å²) in [6.45, 7) is 5.42. The third-order valence-electron chi connectivity index (χ3n) is 3.47. The van der Waals surface area contributed by atoms with Crippen molar-refractivity contribution in [3.05, 3.63) is 59.5 Å². The van der Waals surface area contributed by atoms with Gasteiger partial charge in [0, 0.05) is 5.39 Å². The van der Waals surface area contributed by atoms with Gasteiger partial charge in [-0.1, -0.05) is 24.3 Å². The summed E-state index contributed by atoms with van der Waals surface area (Å²) in [4.78, 5) is 12.3.